The number of carbonyl (C=O) groups excluding carboxylic acids is 2. The Morgan fingerprint density at radius 3 is 0.755 bits per heavy atom. The zero-order valence-corrected chi connectivity index (χ0v) is 64.5. The predicted molar refractivity (Wildman–Crippen MR) is 417 cm³/mol. The van der Waals surface area contributed by atoms with Crippen LogP contribution in [-0.4, -0.2) is 47.4 Å². The van der Waals surface area contributed by atoms with Crippen molar-refractivity contribution in [2.45, 2.75) is 527 Å². The van der Waals surface area contributed by atoms with Gasteiger partial charge in [0.05, 0.1) is 25.4 Å². The number of hydrogen-bond acceptors (Lipinski definition) is 5. The van der Waals surface area contributed by atoms with E-state index < -0.39 is 12.1 Å². The van der Waals surface area contributed by atoms with E-state index in [0.717, 1.165) is 38.5 Å². The molecule has 94 heavy (non-hydrogen) atoms. The number of rotatable bonds is 84. The molecule has 0 bridgehead atoms. The molecule has 0 fully saturated rings. The molecule has 1 amide bonds. The van der Waals surface area contributed by atoms with Crippen LogP contribution in [0.25, 0.3) is 0 Å². The van der Waals surface area contributed by atoms with Crippen molar-refractivity contribution < 1.29 is 24.5 Å². The normalized spacial score (nSPS) is 12.4. The minimum absolute atomic E-state index is 0.0215. The SMILES string of the molecule is CCCCCCCC/C=C\CCCCCCCCCC(=O)OCCCCCCCCCCCCCCCCCCCCCCCCCCCCCCCCCCCCCCCC(=O)NC(CO)C(O)CCCCCCCCCCCCCCCCCCCCCCCCC. The first-order valence-corrected chi connectivity index (χ1v) is 43.9. The van der Waals surface area contributed by atoms with Crippen molar-refractivity contribution in [3.8, 4) is 0 Å². The summed E-state index contributed by atoms with van der Waals surface area (Å²) in [6.07, 6.45) is 108. The first-order valence-electron chi connectivity index (χ1n) is 43.9. The molecule has 0 aliphatic heterocycles. The van der Waals surface area contributed by atoms with Crippen molar-refractivity contribution in [1.29, 1.82) is 0 Å². The van der Waals surface area contributed by atoms with E-state index in [1.54, 1.807) is 0 Å². The van der Waals surface area contributed by atoms with Gasteiger partial charge in [0, 0.05) is 12.8 Å². The van der Waals surface area contributed by atoms with Gasteiger partial charge >= 0.3 is 5.97 Å². The van der Waals surface area contributed by atoms with E-state index in [0.29, 0.717) is 25.9 Å². The number of aliphatic hydroxyl groups excluding tert-OH is 2. The molecule has 2 unspecified atom stereocenters. The number of amides is 1. The molecule has 0 aliphatic rings. The third kappa shape index (κ3) is 79.6. The Bertz CT molecular complexity index is 1430. The smallest absolute Gasteiger partial charge is 0.305 e. The van der Waals surface area contributed by atoms with Crippen molar-refractivity contribution in [3.63, 3.8) is 0 Å². The zero-order valence-electron chi connectivity index (χ0n) is 64.5. The number of esters is 1. The molecule has 0 aromatic rings. The molecular weight excluding hydrogens is 1150 g/mol. The van der Waals surface area contributed by atoms with Crippen LogP contribution in [0.5, 0.6) is 0 Å². The van der Waals surface area contributed by atoms with Crippen LogP contribution in [0, 0.1) is 0 Å². The van der Waals surface area contributed by atoms with E-state index in [1.165, 1.54) is 443 Å². The Labute approximate surface area is 590 Å². The van der Waals surface area contributed by atoms with Gasteiger partial charge in [0.15, 0.2) is 0 Å². The van der Waals surface area contributed by atoms with Crippen LogP contribution in [0.3, 0.4) is 0 Å². The van der Waals surface area contributed by atoms with Crippen LogP contribution in [0.15, 0.2) is 12.2 Å². The standard InChI is InChI=1S/C88H173NO5/c1-3-5-7-9-11-13-15-17-19-21-22-23-39-42-45-49-52-56-60-64-68-72-76-80-86(91)85(84-90)89-87(92)81-77-73-69-65-61-57-53-50-46-43-40-37-35-33-31-29-27-25-24-26-28-30-32-34-36-38-41-44-47-51-55-59-63-67-71-75-79-83-94-88(93)82-78-74-70-66-62-58-54-48-20-18-16-14-12-10-8-6-4-2/h18,20,85-86,90-91H,3-17,19,21-84H2,1-2H3,(H,89,92)/b20-18-. The van der Waals surface area contributed by atoms with Crippen molar-refractivity contribution in [3.05, 3.63) is 12.2 Å². The van der Waals surface area contributed by atoms with Gasteiger partial charge in [-0.05, 0) is 51.4 Å². The van der Waals surface area contributed by atoms with E-state index in [4.69, 9.17) is 4.74 Å². The summed E-state index contributed by atoms with van der Waals surface area (Å²) in [5, 5.41) is 23.5. The molecule has 0 saturated carbocycles. The summed E-state index contributed by atoms with van der Waals surface area (Å²) in [6.45, 7) is 5.02. The number of aliphatic hydroxyl groups is 2. The molecule has 0 aromatic carbocycles. The third-order valence-electron chi connectivity index (χ3n) is 21.1. The number of nitrogens with one attached hydrogen (secondary N) is 1. The van der Waals surface area contributed by atoms with Gasteiger partial charge in [0.25, 0.3) is 0 Å². The van der Waals surface area contributed by atoms with Crippen LogP contribution in [0.4, 0.5) is 0 Å². The zero-order chi connectivity index (χ0) is 67.7. The molecule has 3 N–H and O–H groups in total. The van der Waals surface area contributed by atoms with Gasteiger partial charge in [0.2, 0.25) is 5.91 Å². The second-order valence-corrected chi connectivity index (χ2v) is 30.6. The lowest BCUT2D eigenvalue weighted by Gasteiger charge is -2.22. The van der Waals surface area contributed by atoms with Gasteiger partial charge in [-0.1, -0.05) is 463 Å². The second kappa shape index (κ2) is 84.0. The average Bonchev–Trinajstić information content (AvgIpc) is 3.79. The molecule has 560 valence electrons. The highest BCUT2D eigenvalue weighted by Gasteiger charge is 2.20. The Balaban J connectivity index is 3.30. The van der Waals surface area contributed by atoms with E-state index in [-0.39, 0.29) is 18.5 Å². The third-order valence-corrected chi connectivity index (χ3v) is 21.1. The van der Waals surface area contributed by atoms with Gasteiger partial charge in [-0.15, -0.1) is 0 Å². The predicted octanol–water partition coefficient (Wildman–Crippen LogP) is 29.4. The quantitative estimate of drug-likeness (QED) is 0.0320. The molecule has 0 aromatic heterocycles. The minimum Gasteiger partial charge on any atom is -0.466 e. The fourth-order valence-corrected chi connectivity index (χ4v) is 14.4. The molecule has 0 saturated heterocycles. The lowest BCUT2D eigenvalue weighted by atomic mass is 10.0. The van der Waals surface area contributed by atoms with E-state index >= 15 is 0 Å². The Hall–Kier alpha value is -1.40. The Kier molecular flexibility index (Phi) is 82.8. The number of carbonyl (C=O) groups is 2. The van der Waals surface area contributed by atoms with Crippen LogP contribution < -0.4 is 5.32 Å². The molecule has 0 heterocycles. The highest BCUT2D eigenvalue weighted by molar-refractivity contribution is 5.76. The molecule has 2 atom stereocenters. The van der Waals surface area contributed by atoms with Crippen molar-refractivity contribution >= 4 is 11.9 Å². The van der Waals surface area contributed by atoms with Gasteiger partial charge in [-0.25, -0.2) is 0 Å². The van der Waals surface area contributed by atoms with Crippen molar-refractivity contribution in [2.24, 2.45) is 0 Å². The van der Waals surface area contributed by atoms with Crippen LogP contribution >= 0.6 is 0 Å². The van der Waals surface area contributed by atoms with Gasteiger partial charge < -0.3 is 20.3 Å². The number of unbranched alkanes of at least 4 members (excludes halogenated alkanes) is 71. The number of allylic oxidation sites excluding steroid dienone is 2. The molecule has 0 spiro atoms. The van der Waals surface area contributed by atoms with Gasteiger partial charge in [-0.3, -0.25) is 9.59 Å². The van der Waals surface area contributed by atoms with Crippen LogP contribution in [-0.2, 0) is 14.3 Å². The topological polar surface area (TPSA) is 95.9 Å². The minimum atomic E-state index is -0.661. The highest BCUT2D eigenvalue weighted by Crippen LogP contribution is 2.21. The summed E-state index contributed by atoms with van der Waals surface area (Å²) >= 11 is 0. The summed E-state index contributed by atoms with van der Waals surface area (Å²) in [5.41, 5.74) is 0. The first-order chi connectivity index (χ1) is 46.5. The molecular formula is C88H173NO5. The highest BCUT2D eigenvalue weighted by atomic mass is 16.5. The summed E-state index contributed by atoms with van der Waals surface area (Å²) in [6, 6.07) is -0.538. The lowest BCUT2D eigenvalue weighted by Crippen LogP contribution is -2.45. The van der Waals surface area contributed by atoms with Gasteiger partial charge in [0.1, 0.15) is 0 Å². The van der Waals surface area contributed by atoms with Crippen LogP contribution in [0.1, 0.15) is 515 Å². The summed E-state index contributed by atoms with van der Waals surface area (Å²) < 4.78 is 5.52. The Morgan fingerprint density at radius 1 is 0.287 bits per heavy atom. The summed E-state index contributed by atoms with van der Waals surface area (Å²) in [4.78, 5) is 24.7. The molecule has 0 rings (SSSR count). The number of hydrogen-bond donors (Lipinski definition) is 3. The van der Waals surface area contributed by atoms with Crippen LogP contribution in [0.2, 0.25) is 0 Å². The lowest BCUT2D eigenvalue weighted by molar-refractivity contribution is -0.143. The van der Waals surface area contributed by atoms with Gasteiger partial charge in [-0.2, -0.15) is 0 Å². The fraction of sp³-hybridized carbons (Fsp3) is 0.955. The number of ether oxygens (including phenoxy) is 1. The van der Waals surface area contributed by atoms with Crippen molar-refractivity contribution in [2.75, 3.05) is 13.2 Å². The fourth-order valence-electron chi connectivity index (χ4n) is 14.4. The summed E-state index contributed by atoms with van der Waals surface area (Å²) in [5.74, 6) is -0.00113. The van der Waals surface area contributed by atoms with E-state index in [1.807, 2.05) is 0 Å². The van der Waals surface area contributed by atoms with Crippen molar-refractivity contribution in [1.82, 2.24) is 5.32 Å². The van der Waals surface area contributed by atoms with E-state index in [2.05, 4.69) is 31.3 Å². The Morgan fingerprint density at radius 2 is 0.500 bits per heavy atom. The maximum Gasteiger partial charge on any atom is 0.305 e. The summed E-state index contributed by atoms with van der Waals surface area (Å²) in [7, 11) is 0. The van der Waals surface area contributed by atoms with E-state index in [9.17, 15) is 19.8 Å². The largest absolute Gasteiger partial charge is 0.466 e. The average molecular weight is 1330 g/mol. The monoisotopic (exact) mass is 1320 g/mol. The maximum atomic E-state index is 12.6. The second-order valence-electron chi connectivity index (χ2n) is 30.6. The molecule has 6 nitrogen and oxygen atoms in total. The molecule has 0 aliphatic carbocycles. The maximum absolute atomic E-state index is 12.6. The molecule has 6 heteroatoms. The first kappa shape index (κ1) is 92.6. The molecule has 0 radical (unpaired) electrons.